The Labute approximate surface area is 217 Å². The van der Waals surface area contributed by atoms with Gasteiger partial charge in [0.25, 0.3) is 0 Å². The molecule has 0 aliphatic carbocycles. The summed E-state index contributed by atoms with van der Waals surface area (Å²) in [6.07, 6.45) is 2.59. The molecular weight excluding hydrogens is 465 g/mol. The molecule has 0 spiro atoms. The summed E-state index contributed by atoms with van der Waals surface area (Å²) in [5.74, 6) is -0.0988. The molecule has 1 aliphatic rings. The number of carbonyl (C=O) groups excluding carboxylic acids is 1. The van der Waals surface area contributed by atoms with Crippen molar-refractivity contribution in [3.8, 4) is 5.75 Å². The minimum Gasteiger partial charge on any atom is -0.483 e. The van der Waals surface area contributed by atoms with Crippen molar-refractivity contribution >= 4 is 28.1 Å². The van der Waals surface area contributed by atoms with Gasteiger partial charge in [-0.2, -0.15) is 0 Å². The number of nitrogens with zero attached hydrogens (tertiary/aromatic N) is 1. The number of hydrogen-bond acceptors (Lipinski definition) is 4. The highest BCUT2D eigenvalue weighted by atomic mass is 19.1. The summed E-state index contributed by atoms with van der Waals surface area (Å²) in [6.45, 7) is 4.72. The van der Waals surface area contributed by atoms with Crippen molar-refractivity contribution in [2.24, 2.45) is 0 Å². The van der Waals surface area contributed by atoms with Gasteiger partial charge in [-0.15, -0.1) is 0 Å². The van der Waals surface area contributed by atoms with Crippen molar-refractivity contribution in [3.63, 3.8) is 0 Å². The van der Waals surface area contributed by atoms with Gasteiger partial charge in [0.15, 0.2) is 11.6 Å². The quantitative estimate of drug-likeness (QED) is 0.243. The van der Waals surface area contributed by atoms with E-state index in [2.05, 4.69) is 49.4 Å². The molecule has 1 aliphatic heterocycles. The van der Waals surface area contributed by atoms with Gasteiger partial charge in [0.1, 0.15) is 6.10 Å². The number of rotatable bonds is 7. The Bertz CT molecular complexity index is 1430. The fraction of sp³-hybridized carbons (Fsp3) is 0.281. The van der Waals surface area contributed by atoms with E-state index in [1.54, 1.807) is 6.07 Å². The van der Waals surface area contributed by atoms with Crippen LogP contribution in [0, 0.1) is 12.7 Å². The molecule has 0 fully saturated rings. The molecule has 1 unspecified atom stereocenters. The third-order valence-corrected chi connectivity index (χ3v) is 7.36. The van der Waals surface area contributed by atoms with Gasteiger partial charge in [-0.1, -0.05) is 61.5 Å². The molecule has 5 heteroatoms. The molecule has 190 valence electrons. The third kappa shape index (κ3) is 5.04. The number of hydrogen-bond donors (Lipinski definition) is 0. The maximum Gasteiger partial charge on any atom is 0.338 e. The molecule has 0 amide bonds. The molecule has 0 bridgehead atoms. The fourth-order valence-corrected chi connectivity index (χ4v) is 5.32. The van der Waals surface area contributed by atoms with Crippen LogP contribution in [0.2, 0.25) is 0 Å². The number of carbonyl (C=O) groups is 1. The Morgan fingerprint density at radius 1 is 1.08 bits per heavy atom. The lowest BCUT2D eigenvalue weighted by Gasteiger charge is -2.37. The van der Waals surface area contributed by atoms with E-state index in [4.69, 9.17) is 9.47 Å². The van der Waals surface area contributed by atoms with E-state index in [-0.39, 0.29) is 23.6 Å². The number of aryl methyl sites for hydroxylation is 1. The number of esters is 1. The second kappa shape index (κ2) is 10.6. The number of ether oxygens (including phenoxy) is 2. The van der Waals surface area contributed by atoms with Crippen molar-refractivity contribution in [2.45, 2.75) is 45.1 Å². The first-order chi connectivity index (χ1) is 18.0. The zero-order chi connectivity index (χ0) is 25.9. The Balaban J connectivity index is 1.35. The second-order valence-corrected chi connectivity index (χ2v) is 9.83. The highest BCUT2D eigenvalue weighted by molar-refractivity contribution is 5.92. The van der Waals surface area contributed by atoms with E-state index in [1.807, 2.05) is 36.1 Å². The van der Waals surface area contributed by atoms with Crippen LogP contribution in [0.1, 0.15) is 53.6 Å². The molecule has 2 atom stereocenters. The summed E-state index contributed by atoms with van der Waals surface area (Å²) in [5.41, 5.74) is 4.18. The summed E-state index contributed by atoms with van der Waals surface area (Å²) in [7, 11) is 1.38. The summed E-state index contributed by atoms with van der Waals surface area (Å²) < 4.78 is 26.0. The van der Waals surface area contributed by atoms with Crippen molar-refractivity contribution in [1.29, 1.82) is 0 Å². The van der Waals surface area contributed by atoms with E-state index in [0.717, 1.165) is 30.5 Å². The number of halogens is 1. The van der Waals surface area contributed by atoms with Crippen LogP contribution < -0.4 is 9.64 Å². The summed E-state index contributed by atoms with van der Waals surface area (Å²) >= 11 is 0. The maximum absolute atomic E-state index is 14.9. The maximum atomic E-state index is 14.9. The molecule has 0 saturated carbocycles. The Kier molecular flexibility index (Phi) is 7.13. The Morgan fingerprint density at radius 3 is 2.70 bits per heavy atom. The van der Waals surface area contributed by atoms with Gasteiger partial charge < -0.3 is 14.4 Å². The minimum atomic E-state index is -0.383. The van der Waals surface area contributed by atoms with Crippen molar-refractivity contribution < 1.29 is 18.7 Å². The molecule has 0 radical (unpaired) electrons. The molecule has 5 rings (SSSR count). The molecule has 0 N–H and O–H groups in total. The van der Waals surface area contributed by atoms with Crippen LogP contribution in [-0.4, -0.2) is 25.7 Å². The molecule has 4 nitrogen and oxygen atoms in total. The summed E-state index contributed by atoms with van der Waals surface area (Å²) in [4.78, 5) is 14.4. The zero-order valence-electron chi connectivity index (χ0n) is 21.5. The van der Waals surface area contributed by atoms with Crippen molar-refractivity contribution in [3.05, 3.63) is 101 Å². The first-order valence-electron chi connectivity index (χ1n) is 12.9. The first kappa shape index (κ1) is 24.8. The number of fused-ring (bicyclic) bond motifs is 2. The van der Waals surface area contributed by atoms with Gasteiger partial charge in [0.05, 0.1) is 24.9 Å². The molecule has 37 heavy (non-hydrogen) atoms. The van der Waals surface area contributed by atoms with Crippen LogP contribution in [0.25, 0.3) is 10.8 Å². The monoisotopic (exact) mass is 497 g/mol. The average Bonchev–Trinajstić information content (AvgIpc) is 2.92. The fourth-order valence-electron chi connectivity index (χ4n) is 5.32. The van der Waals surface area contributed by atoms with Gasteiger partial charge in [-0.05, 0) is 78.3 Å². The van der Waals surface area contributed by atoms with E-state index in [9.17, 15) is 9.18 Å². The number of anilines is 2. The van der Waals surface area contributed by atoms with Gasteiger partial charge >= 0.3 is 5.97 Å². The molecule has 0 saturated heterocycles. The number of benzene rings is 4. The zero-order valence-corrected chi connectivity index (χ0v) is 21.5. The van der Waals surface area contributed by atoms with Gasteiger partial charge in [-0.25, -0.2) is 9.18 Å². The van der Waals surface area contributed by atoms with Crippen LogP contribution in [0.3, 0.4) is 0 Å². The van der Waals surface area contributed by atoms with Crippen LogP contribution in [0.15, 0.2) is 78.9 Å². The summed E-state index contributed by atoms with van der Waals surface area (Å²) in [6, 6.07) is 25.6. The molecule has 4 aromatic rings. The average molecular weight is 498 g/mol. The highest BCUT2D eigenvalue weighted by Crippen LogP contribution is 2.41. The normalized spacial score (nSPS) is 15.7. The SMILES string of the molecule is COC(=O)c1cc(N2CC(CCC[C@H](C)c3cccc4ccccc34)Oc3c(F)cccc32)ccc1C. The second-order valence-electron chi connectivity index (χ2n) is 9.83. The van der Waals surface area contributed by atoms with Crippen molar-refractivity contribution in [1.82, 2.24) is 0 Å². The lowest BCUT2D eigenvalue weighted by molar-refractivity contribution is 0.0600. The van der Waals surface area contributed by atoms with E-state index in [1.165, 1.54) is 29.5 Å². The first-order valence-corrected chi connectivity index (χ1v) is 12.9. The lowest BCUT2D eigenvalue weighted by Crippen LogP contribution is -2.37. The van der Waals surface area contributed by atoms with Crippen LogP contribution in [-0.2, 0) is 4.74 Å². The molecular formula is C32H32FNO3. The van der Waals surface area contributed by atoms with E-state index in [0.29, 0.717) is 23.7 Å². The smallest absolute Gasteiger partial charge is 0.338 e. The van der Waals surface area contributed by atoms with E-state index < -0.39 is 0 Å². The Morgan fingerprint density at radius 2 is 1.86 bits per heavy atom. The molecule has 4 aromatic carbocycles. The van der Waals surface area contributed by atoms with Crippen LogP contribution in [0.4, 0.5) is 15.8 Å². The third-order valence-electron chi connectivity index (χ3n) is 7.36. The molecule has 1 heterocycles. The predicted molar refractivity (Wildman–Crippen MR) is 147 cm³/mol. The number of para-hydroxylation sites is 1. The lowest BCUT2D eigenvalue weighted by atomic mass is 9.90. The molecule has 0 aromatic heterocycles. The highest BCUT2D eigenvalue weighted by Gasteiger charge is 2.29. The van der Waals surface area contributed by atoms with Crippen LogP contribution in [0.5, 0.6) is 5.75 Å². The van der Waals surface area contributed by atoms with Gasteiger partial charge in [0.2, 0.25) is 0 Å². The minimum absolute atomic E-state index is 0.174. The van der Waals surface area contributed by atoms with Gasteiger partial charge in [0, 0.05) is 5.69 Å². The largest absolute Gasteiger partial charge is 0.483 e. The topological polar surface area (TPSA) is 38.8 Å². The predicted octanol–water partition coefficient (Wildman–Crippen LogP) is 7.95. The Hall–Kier alpha value is -3.86. The standard InChI is InChI=1S/C32H32FNO3/c1-21(26-14-7-11-23-10-4-5-13-27(23)26)9-6-12-25-20-34(30-16-8-15-29(33)31(30)37-25)24-18-17-22(2)28(19-24)32(35)36-3/h4-5,7-8,10-11,13-19,21,25H,6,9,12,20H2,1-3H3/t21-,25?/m0/s1. The van der Waals surface area contributed by atoms with Crippen LogP contribution >= 0.6 is 0 Å². The van der Waals surface area contributed by atoms with Gasteiger partial charge in [-0.3, -0.25) is 0 Å². The van der Waals surface area contributed by atoms with Crippen molar-refractivity contribution in [2.75, 3.05) is 18.6 Å². The number of methoxy groups -OCH3 is 1. The summed E-state index contributed by atoms with van der Waals surface area (Å²) in [5, 5.41) is 2.56. The van der Waals surface area contributed by atoms with E-state index >= 15 is 0 Å².